The summed E-state index contributed by atoms with van der Waals surface area (Å²) in [5.41, 5.74) is 1.59. The number of carbonyl (C=O) groups excluding carboxylic acids is 1. The highest BCUT2D eigenvalue weighted by atomic mass is 79.9. The van der Waals surface area contributed by atoms with Gasteiger partial charge in [0.15, 0.2) is 5.11 Å². The first-order chi connectivity index (χ1) is 13.0. The number of hydrogen-bond donors (Lipinski definition) is 2. The lowest BCUT2D eigenvalue weighted by molar-refractivity contribution is 0.0972. The minimum atomic E-state index is -0.274. The summed E-state index contributed by atoms with van der Waals surface area (Å²) >= 11 is 8.86. The van der Waals surface area contributed by atoms with Gasteiger partial charge in [0.1, 0.15) is 5.75 Å². The quantitative estimate of drug-likeness (QED) is 0.473. The van der Waals surface area contributed by atoms with Crippen LogP contribution in [0.1, 0.15) is 28.8 Å². The van der Waals surface area contributed by atoms with E-state index in [0.717, 1.165) is 12.0 Å². The molecule has 2 aromatic carbocycles. The number of rotatable bonds is 8. The molecule has 2 rings (SSSR count). The van der Waals surface area contributed by atoms with Gasteiger partial charge in [0, 0.05) is 25.3 Å². The SMILES string of the molecule is COc1ccc(C(=O)NC(=S)N(CCCCO)Cc2ccccc2)cc1Br. The number of nitrogens with one attached hydrogen (secondary N) is 1. The van der Waals surface area contributed by atoms with Crippen LogP contribution in [0, 0.1) is 0 Å². The Balaban J connectivity index is 2.06. The molecule has 1 amide bonds. The van der Waals surface area contributed by atoms with E-state index in [2.05, 4.69) is 21.2 Å². The standard InChI is InChI=1S/C20H23BrN2O3S/c1-26-18-10-9-16(13-17(18)21)19(25)22-20(27)23(11-5-6-12-24)14-15-7-3-2-4-8-15/h2-4,7-10,13,24H,5-6,11-12,14H2,1H3,(H,22,25,27). The average molecular weight is 451 g/mol. The Morgan fingerprint density at radius 1 is 1.22 bits per heavy atom. The molecule has 2 aromatic rings. The highest BCUT2D eigenvalue weighted by Gasteiger charge is 2.15. The fraction of sp³-hybridized carbons (Fsp3) is 0.300. The number of benzene rings is 2. The van der Waals surface area contributed by atoms with Gasteiger partial charge >= 0.3 is 0 Å². The molecule has 27 heavy (non-hydrogen) atoms. The van der Waals surface area contributed by atoms with Gasteiger partial charge in [-0.25, -0.2) is 0 Å². The molecule has 0 spiro atoms. The molecule has 0 atom stereocenters. The van der Waals surface area contributed by atoms with E-state index in [1.165, 1.54) is 0 Å². The number of carbonyl (C=O) groups is 1. The van der Waals surface area contributed by atoms with Gasteiger partial charge in [0.05, 0.1) is 11.6 Å². The zero-order valence-corrected chi connectivity index (χ0v) is 17.6. The van der Waals surface area contributed by atoms with Crippen molar-refractivity contribution < 1.29 is 14.6 Å². The Morgan fingerprint density at radius 3 is 2.59 bits per heavy atom. The highest BCUT2D eigenvalue weighted by Crippen LogP contribution is 2.25. The van der Waals surface area contributed by atoms with Gasteiger partial charge in [-0.1, -0.05) is 30.3 Å². The highest BCUT2D eigenvalue weighted by molar-refractivity contribution is 9.10. The molecule has 2 N–H and O–H groups in total. The van der Waals surface area contributed by atoms with Crippen LogP contribution in [-0.2, 0) is 6.54 Å². The summed E-state index contributed by atoms with van der Waals surface area (Å²) in [6.07, 6.45) is 1.47. The third kappa shape index (κ3) is 6.61. The van der Waals surface area contributed by atoms with Crippen LogP contribution in [0.15, 0.2) is 53.0 Å². The van der Waals surface area contributed by atoms with Crippen LogP contribution in [0.5, 0.6) is 5.75 Å². The van der Waals surface area contributed by atoms with Crippen molar-refractivity contribution in [3.05, 3.63) is 64.1 Å². The third-order valence-electron chi connectivity index (χ3n) is 3.97. The minimum Gasteiger partial charge on any atom is -0.496 e. The normalized spacial score (nSPS) is 10.3. The zero-order chi connectivity index (χ0) is 19.6. The number of hydrogen-bond acceptors (Lipinski definition) is 4. The molecule has 7 heteroatoms. The number of aliphatic hydroxyl groups is 1. The Kier molecular flexibility index (Phi) is 8.71. The van der Waals surface area contributed by atoms with E-state index < -0.39 is 0 Å². The number of thiocarbonyl (C=S) groups is 1. The molecule has 144 valence electrons. The van der Waals surface area contributed by atoms with Crippen molar-refractivity contribution in [1.29, 1.82) is 0 Å². The number of halogens is 1. The van der Waals surface area contributed by atoms with Crippen molar-refractivity contribution in [2.24, 2.45) is 0 Å². The Bertz CT molecular complexity index is 771. The second-order valence-corrected chi connectivity index (χ2v) is 7.19. The maximum atomic E-state index is 12.6. The average Bonchev–Trinajstić information content (AvgIpc) is 2.68. The molecular weight excluding hydrogens is 428 g/mol. The molecule has 0 aliphatic rings. The number of aliphatic hydroxyl groups excluding tert-OH is 1. The first-order valence-corrected chi connectivity index (χ1v) is 9.84. The molecule has 0 radical (unpaired) electrons. The fourth-order valence-corrected chi connectivity index (χ4v) is 3.32. The maximum absolute atomic E-state index is 12.6. The van der Waals surface area contributed by atoms with E-state index in [9.17, 15) is 4.79 Å². The molecule has 0 bridgehead atoms. The Morgan fingerprint density at radius 2 is 1.96 bits per heavy atom. The summed E-state index contributed by atoms with van der Waals surface area (Å²) in [7, 11) is 1.57. The molecule has 5 nitrogen and oxygen atoms in total. The molecule has 0 aromatic heterocycles. The molecule has 0 saturated carbocycles. The van der Waals surface area contributed by atoms with Crippen LogP contribution < -0.4 is 10.1 Å². The van der Waals surface area contributed by atoms with Crippen LogP contribution in [0.2, 0.25) is 0 Å². The topological polar surface area (TPSA) is 61.8 Å². The van der Waals surface area contributed by atoms with Gasteiger partial charge in [-0.3, -0.25) is 10.1 Å². The van der Waals surface area contributed by atoms with Crippen LogP contribution in [0.3, 0.4) is 0 Å². The first kappa shape index (κ1) is 21.3. The number of unbranched alkanes of at least 4 members (excludes halogenated alkanes) is 1. The number of methoxy groups -OCH3 is 1. The van der Waals surface area contributed by atoms with Gasteiger partial charge in [-0.15, -0.1) is 0 Å². The van der Waals surface area contributed by atoms with Crippen molar-refractivity contribution in [2.45, 2.75) is 19.4 Å². The van der Waals surface area contributed by atoms with Gasteiger partial charge < -0.3 is 14.7 Å². The minimum absolute atomic E-state index is 0.137. The summed E-state index contributed by atoms with van der Waals surface area (Å²) < 4.78 is 5.89. The molecule has 0 saturated heterocycles. The molecule has 0 aliphatic heterocycles. The van der Waals surface area contributed by atoms with Gasteiger partial charge in [-0.05, 0) is 64.8 Å². The lowest BCUT2D eigenvalue weighted by Gasteiger charge is -2.25. The molecule has 0 aliphatic carbocycles. The molecular formula is C20H23BrN2O3S. The smallest absolute Gasteiger partial charge is 0.257 e. The van der Waals surface area contributed by atoms with Crippen molar-refractivity contribution in [3.63, 3.8) is 0 Å². The monoisotopic (exact) mass is 450 g/mol. The summed E-state index contributed by atoms with van der Waals surface area (Å²) in [4.78, 5) is 14.5. The van der Waals surface area contributed by atoms with Crippen LogP contribution >= 0.6 is 28.1 Å². The van der Waals surface area contributed by atoms with Crippen molar-refractivity contribution in [2.75, 3.05) is 20.3 Å². The van der Waals surface area contributed by atoms with Gasteiger partial charge in [0.2, 0.25) is 0 Å². The Labute approximate surface area is 173 Å². The fourth-order valence-electron chi connectivity index (χ4n) is 2.53. The summed E-state index contributed by atoms with van der Waals surface area (Å²) in [6, 6.07) is 15.1. The van der Waals surface area contributed by atoms with Crippen molar-refractivity contribution >= 4 is 39.2 Å². The van der Waals surface area contributed by atoms with Crippen LogP contribution in [0.25, 0.3) is 0 Å². The predicted molar refractivity (Wildman–Crippen MR) is 114 cm³/mol. The van der Waals surface area contributed by atoms with E-state index in [1.807, 2.05) is 35.2 Å². The summed E-state index contributed by atoms with van der Waals surface area (Å²) in [5.74, 6) is 0.382. The molecule has 0 fully saturated rings. The van der Waals surface area contributed by atoms with E-state index in [-0.39, 0.29) is 12.5 Å². The van der Waals surface area contributed by atoms with E-state index in [1.54, 1.807) is 25.3 Å². The number of amides is 1. The zero-order valence-electron chi connectivity index (χ0n) is 15.2. The number of nitrogens with zero attached hydrogens (tertiary/aromatic N) is 1. The molecule has 0 unspecified atom stereocenters. The van der Waals surface area contributed by atoms with Gasteiger partial charge in [0.25, 0.3) is 5.91 Å². The predicted octanol–water partition coefficient (Wildman–Crippen LogP) is 3.75. The maximum Gasteiger partial charge on any atom is 0.257 e. The summed E-state index contributed by atoms with van der Waals surface area (Å²) in [6.45, 7) is 1.39. The number of ether oxygens (including phenoxy) is 1. The largest absolute Gasteiger partial charge is 0.496 e. The van der Waals surface area contributed by atoms with Crippen molar-refractivity contribution in [1.82, 2.24) is 10.2 Å². The Hall–Kier alpha value is -1.96. The molecule has 0 heterocycles. The summed E-state index contributed by atoms with van der Waals surface area (Å²) in [5, 5.41) is 12.2. The van der Waals surface area contributed by atoms with E-state index >= 15 is 0 Å². The van der Waals surface area contributed by atoms with E-state index in [4.69, 9.17) is 22.1 Å². The van der Waals surface area contributed by atoms with Gasteiger partial charge in [-0.2, -0.15) is 0 Å². The first-order valence-electron chi connectivity index (χ1n) is 8.63. The lowest BCUT2D eigenvalue weighted by Crippen LogP contribution is -2.42. The van der Waals surface area contributed by atoms with Crippen molar-refractivity contribution in [3.8, 4) is 5.75 Å². The second kappa shape index (κ2) is 11.0. The second-order valence-electron chi connectivity index (χ2n) is 5.95. The van der Waals surface area contributed by atoms with E-state index in [0.29, 0.717) is 40.4 Å². The van der Waals surface area contributed by atoms with Crippen LogP contribution in [-0.4, -0.2) is 41.3 Å². The lowest BCUT2D eigenvalue weighted by atomic mass is 10.2. The third-order valence-corrected chi connectivity index (χ3v) is 4.95. The van der Waals surface area contributed by atoms with Crippen LogP contribution in [0.4, 0.5) is 0 Å².